The highest BCUT2D eigenvalue weighted by Gasteiger charge is 2.18. The van der Waals surface area contributed by atoms with Crippen molar-refractivity contribution in [3.8, 4) is 11.3 Å². The number of nitro groups is 1. The van der Waals surface area contributed by atoms with Gasteiger partial charge in [-0.25, -0.2) is 4.79 Å². The number of non-ortho nitro benzene ring substituents is 1. The van der Waals surface area contributed by atoms with Crippen LogP contribution >= 0.6 is 0 Å². The van der Waals surface area contributed by atoms with E-state index in [2.05, 4.69) is 10.3 Å². The Kier molecular flexibility index (Phi) is 3.57. The summed E-state index contributed by atoms with van der Waals surface area (Å²) in [7, 11) is 0. The summed E-state index contributed by atoms with van der Waals surface area (Å²) in [5, 5.41) is 13.1. The molecule has 0 aliphatic rings. The quantitative estimate of drug-likeness (QED) is 0.492. The maximum atomic E-state index is 11.3. The second-order valence-corrected chi connectivity index (χ2v) is 4.11. The maximum Gasteiger partial charge on any atom is 0.316 e. The molecule has 9 nitrogen and oxygen atoms in total. The number of carbonyl (C=O) groups is 2. The predicted octanol–water partition coefficient (Wildman–Crippen LogP) is 1.18. The lowest BCUT2D eigenvalue weighted by Gasteiger charge is -2.09. The van der Waals surface area contributed by atoms with E-state index < -0.39 is 16.9 Å². The van der Waals surface area contributed by atoms with Crippen molar-refractivity contribution in [1.82, 2.24) is 4.98 Å². The van der Waals surface area contributed by atoms with E-state index in [0.717, 1.165) is 6.07 Å². The minimum absolute atomic E-state index is 0.0988. The second kappa shape index (κ2) is 5.33. The van der Waals surface area contributed by atoms with Crippen LogP contribution < -0.4 is 16.8 Å². The molecule has 108 valence electrons. The molecule has 0 fully saturated rings. The van der Waals surface area contributed by atoms with E-state index in [1.54, 1.807) is 0 Å². The van der Waals surface area contributed by atoms with Gasteiger partial charge in [-0.05, 0) is 12.1 Å². The molecule has 3 amide bonds. The highest BCUT2D eigenvalue weighted by atomic mass is 16.6. The zero-order valence-electron chi connectivity index (χ0n) is 10.6. The number of nitrogens with zero attached hydrogens (tertiary/aromatic N) is 1. The summed E-state index contributed by atoms with van der Waals surface area (Å²) in [6.07, 6.45) is 1.49. The number of benzene rings is 1. The van der Waals surface area contributed by atoms with Crippen molar-refractivity contribution in [1.29, 1.82) is 0 Å². The predicted molar refractivity (Wildman–Crippen MR) is 74.6 cm³/mol. The molecule has 0 saturated heterocycles. The number of carbonyl (C=O) groups excluding carboxylic acids is 2. The Morgan fingerprint density at radius 3 is 2.52 bits per heavy atom. The van der Waals surface area contributed by atoms with Crippen LogP contribution in [0, 0.1) is 10.1 Å². The van der Waals surface area contributed by atoms with Crippen molar-refractivity contribution in [2.45, 2.75) is 0 Å². The first kappa shape index (κ1) is 14.1. The Hall–Kier alpha value is -3.36. The van der Waals surface area contributed by atoms with E-state index in [9.17, 15) is 19.7 Å². The molecular weight excluding hydrogens is 278 g/mol. The molecule has 21 heavy (non-hydrogen) atoms. The average Bonchev–Trinajstić information content (AvgIpc) is 2.87. The molecule has 9 heteroatoms. The number of hydrogen-bond acceptors (Lipinski definition) is 4. The molecule has 0 bridgehead atoms. The Labute approximate surface area is 118 Å². The van der Waals surface area contributed by atoms with Crippen LogP contribution in [0.1, 0.15) is 10.4 Å². The van der Waals surface area contributed by atoms with Gasteiger partial charge in [-0.2, -0.15) is 0 Å². The first-order valence-corrected chi connectivity index (χ1v) is 5.72. The van der Waals surface area contributed by atoms with Crippen LogP contribution in [0.15, 0.2) is 30.5 Å². The molecule has 0 spiro atoms. The number of hydrogen-bond donors (Lipinski definition) is 4. The van der Waals surface area contributed by atoms with Crippen molar-refractivity contribution in [2.75, 3.05) is 5.32 Å². The second-order valence-electron chi connectivity index (χ2n) is 4.11. The zero-order valence-corrected chi connectivity index (χ0v) is 10.6. The number of nitro benzene ring substituents is 1. The summed E-state index contributed by atoms with van der Waals surface area (Å²) in [5.41, 5.74) is 11.1. The number of nitrogens with two attached hydrogens (primary N) is 2. The average molecular weight is 289 g/mol. The molecule has 0 atom stereocenters. The first-order chi connectivity index (χ1) is 9.90. The molecule has 1 aromatic carbocycles. The Morgan fingerprint density at radius 1 is 1.24 bits per heavy atom. The van der Waals surface area contributed by atoms with Gasteiger partial charge < -0.3 is 21.8 Å². The van der Waals surface area contributed by atoms with Gasteiger partial charge in [0.1, 0.15) is 0 Å². The SMILES string of the molecule is NC(=O)Nc1cc([N+](=O)[O-])ccc1-c1[nH]ccc1C(N)=O. The van der Waals surface area contributed by atoms with Crippen molar-refractivity contribution < 1.29 is 14.5 Å². The maximum absolute atomic E-state index is 11.3. The summed E-state index contributed by atoms with van der Waals surface area (Å²) in [6.45, 7) is 0. The van der Waals surface area contributed by atoms with Crippen molar-refractivity contribution in [2.24, 2.45) is 11.5 Å². The number of aromatic amines is 1. The number of primary amides is 2. The number of nitrogens with one attached hydrogen (secondary N) is 2. The largest absolute Gasteiger partial charge is 0.366 e. The fourth-order valence-electron chi connectivity index (χ4n) is 1.90. The number of urea groups is 1. The van der Waals surface area contributed by atoms with E-state index >= 15 is 0 Å². The Morgan fingerprint density at radius 2 is 1.95 bits per heavy atom. The van der Waals surface area contributed by atoms with Gasteiger partial charge in [-0.3, -0.25) is 14.9 Å². The third kappa shape index (κ3) is 2.81. The lowest BCUT2D eigenvalue weighted by Crippen LogP contribution is -2.20. The first-order valence-electron chi connectivity index (χ1n) is 5.72. The minimum atomic E-state index is -0.885. The molecule has 0 radical (unpaired) electrons. The van der Waals surface area contributed by atoms with Crippen molar-refractivity contribution in [3.05, 3.63) is 46.1 Å². The molecule has 2 rings (SSSR count). The van der Waals surface area contributed by atoms with E-state index in [-0.39, 0.29) is 16.9 Å². The summed E-state index contributed by atoms with van der Waals surface area (Å²) < 4.78 is 0. The summed E-state index contributed by atoms with van der Waals surface area (Å²) in [6, 6.07) is 4.36. The van der Waals surface area contributed by atoms with Gasteiger partial charge >= 0.3 is 6.03 Å². The van der Waals surface area contributed by atoms with Crippen LogP contribution in [0.4, 0.5) is 16.2 Å². The van der Waals surface area contributed by atoms with Crippen molar-refractivity contribution >= 4 is 23.3 Å². The number of amides is 3. The van der Waals surface area contributed by atoms with Gasteiger partial charge in [0.2, 0.25) is 0 Å². The zero-order chi connectivity index (χ0) is 15.6. The minimum Gasteiger partial charge on any atom is -0.366 e. The normalized spacial score (nSPS) is 10.1. The fraction of sp³-hybridized carbons (Fsp3) is 0. The summed E-state index contributed by atoms with van der Waals surface area (Å²) in [4.78, 5) is 35.4. The lowest BCUT2D eigenvalue weighted by molar-refractivity contribution is -0.384. The van der Waals surface area contributed by atoms with Gasteiger partial charge in [-0.15, -0.1) is 0 Å². The van der Waals surface area contributed by atoms with Crippen LogP contribution in [-0.2, 0) is 0 Å². The monoisotopic (exact) mass is 289 g/mol. The van der Waals surface area contributed by atoms with E-state index in [4.69, 9.17) is 11.5 Å². The van der Waals surface area contributed by atoms with Crippen LogP contribution in [0.2, 0.25) is 0 Å². The molecule has 6 N–H and O–H groups in total. The van der Waals surface area contributed by atoms with Gasteiger partial charge in [0.25, 0.3) is 11.6 Å². The Bertz CT molecular complexity index is 737. The van der Waals surface area contributed by atoms with Gasteiger partial charge in [-0.1, -0.05) is 0 Å². The van der Waals surface area contributed by atoms with Gasteiger partial charge in [0.15, 0.2) is 0 Å². The number of H-pyrrole nitrogens is 1. The summed E-state index contributed by atoms with van der Waals surface area (Å²) in [5.74, 6) is -0.672. The van der Waals surface area contributed by atoms with Crippen LogP contribution in [-0.4, -0.2) is 21.8 Å². The van der Waals surface area contributed by atoms with Gasteiger partial charge in [0, 0.05) is 23.9 Å². The molecule has 1 aromatic heterocycles. The third-order valence-electron chi connectivity index (χ3n) is 2.75. The number of rotatable bonds is 4. The smallest absolute Gasteiger partial charge is 0.316 e. The van der Waals surface area contributed by atoms with E-state index in [1.807, 2.05) is 0 Å². The van der Waals surface area contributed by atoms with E-state index in [0.29, 0.717) is 11.3 Å². The third-order valence-corrected chi connectivity index (χ3v) is 2.75. The van der Waals surface area contributed by atoms with Crippen molar-refractivity contribution in [3.63, 3.8) is 0 Å². The number of aromatic nitrogens is 1. The molecule has 0 unspecified atom stereocenters. The van der Waals surface area contributed by atoms with Crippen LogP contribution in [0.3, 0.4) is 0 Å². The molecule has 0 aliphatic heterocycles. The van der Waals surface area contributed by atoms with E-state index in [1.165, 1.54) is 24.4 Å². The lowest BCUT2D eigenvalue weighted by atomic mass is 10.0. The highest BCUT2D eigenvalue weighted by molar-refractivity contribution is 6.02. The molecule has 2 aromatic rings. The molecule has 0 aliphatic carbocycles. The molecule has 1 heterocycles. The summed E-state index contributed by atoms with van der Waals surface area (Å²) >= 11 is 0. The standard InChI is InChI=1S/C12H11N5O4/c13-11(18)8-3-4-15-10(8)7-2-1-6(17(20)21)5-9(7)16-12(14)19/h1-5,15H,(H2,13,18)(H3,14,16,19). The van der Waals surface area contributed by atoms with Crippen LogP contribution in [0.5, 0.6) is 0 Å². The highest BCUT2D eigenvalue weighted by Crippen LogP contribution is 2.32. The number of anilines is 1. The Balaban J connectivity index is 2.61. The fourth-order valence-corrected chi connectivity index (χ4v) is 1.90. The van der Waals surface area contributed by atoms with Crippen LogP contribution in [0.25, 0.3) is 11.3 Å². The molecule has 0 saturated carbocycles. The topological polar surface area (TPSA) is 157 Å². The molecular formula is C12H11N5O4. The van der Waals surface area contributed by atoms with Gasteiger partial charge in [0.05, 0.1) is 21.9 Å².